The third kappa shape index (κ3) is 4.30. The number of rotatable bonds is 7. The molecule has 30 heavy (non-hydrogen) atoms. The highest BCUT2D eigenvalue weighted by Crippen LogP contribution is 2.34. The molecular weight excluding hydrogens is 410 g/mol. The lowest BCUT2D eigenvalue weighted by molar-refractivity contribution is -0.135. The number of benzene rings is 2. The first kappa shape index (κ1) is 20.3. The van der Waals surface area contributed by atoms with Gasteiger partial charge in [-0.25, -0.2) is 8.42 Å². The van der Waals surface area contributed by atoms with E-state index in [-0.39, 0.29) is 16.7 Å². The van der Waals surface area contributed by atoms with Crippen LogP contribution in [-0.4, -0.2) is 45.4 Å². The maximum atomic E-state index is 13.3. The highest BCUT2D eigenvalue weighted by Gasteiger charge is 2.29. The standard InChI is InChI=1S/C21H23NO7S/c23-21(24)14-22(15-5-7-17(8-6-15)29-16-3-1-2-4-16)30(25,26)18-9-10-19-20(13-18)28-12-11-27-19/h5-10,13,16H,1-4,11-12,14H2,(H,23,24). The number of aliphatic carboxylic acids is 1. The first-order chi connectivity index (χ1) is 14.4. The van der Waals surface area contributed by atoms with E-state index in [1.807, 2.05) is 0 Å². The van der Waals surface area contributed by atoms with Gasteiger partial charge in [0.15, 0.2) is 11.5 Å². The van der Waals surface area contributed by atoms with Gasteiger partial charge in [0.2, 0.25) is 0 Å². The van der Waals surface area contributed by atoms with E-state index < -0.39 is 22.5 Å². The van der Waals surface area contributed by atoms with E-state index in [9.17, 15) is 18.3 Å². The van der Waals surface area contributed by atoms with Crippen LogP contribution in [0.2, 0.25) is 0 Å². The Kier molecular flexibility index (Phi) is 5.72. The number of carboxylic acids is 1. The molecular formula is C21H23NO7S. The molecule has 0 amide bonds. The van der Waals surface area contributed by atoms with E-state index in [0.717, 1.165) is 30.0 Å². The first-order valence-electron chi connectivity index (χ1n) is 9.84. The van der Waals surface area contributed by atoms with Crippen molar-refractivity contribution in [3.8, 4) is 17.2 Å². The van der Waals surface area contributed by atoms with E-state index in [0.29, 0.717) is 30.5 Å². The zero-order chi connectivity index (χ0) is 21.1. The number of ether oxygens (including phenoxy) is 3. The Morgan fingerprint density at radius 1 is 1.03 bits per heavy atom. The van der Waals surface area contributed by atoms with Crippen molar-refractivity contribution >= 4 is 21.7 Å². The van der Waals surface area contributed by atoms with Crippen molar-refractivity contribution in [3.63, 3.8) is 0 Å². The van der Waals surface area contributed by atoms with Crippen LogP contribution in [0.15, 0.2) is 47.4 Å². The molecule has 1 aliphatic heterocycles. The van der Waals surface area contributed by atoms with E-state index >= 15 is 0 Å². The molecule has 0 aromatic heterocycles. The van der Waals surface area contributed by atoms with Gasteiger partial charge in [-0.3, -0.25) is 9.10 Å². The van der Waals surface area contributed by atoms with E-state index in [2.05, 4.69) is 0 Å². The maximum Gasteiger partial charge on any atom is 0.324 e. The summed E-state index contributed by atoms with van der Waals surface area (Å²) < 4.78 is 44.2. The van der Waals surface area contributed by atoms with Crippen LogP contribution in [0.5, 0.6) is 17.2 Å². The molecule has 0 atom stereocenters. The molecule has 160 valence electrons. The summed E-state index contributed by atoms with van der Waals surface area (Å²) in [4.78, 5) is 11.3. The zero-order valence-corrected chi connectivity index (χ0v) is 17.1. The Morgan fingerprint density at radius 2 is 1.70 bits per heavy atom. The van der Waals surface area contributed by atoms with E-state index in [4.69, 9.17) is 14.2 Å². The Morgan fingerprint density at radius 3 is 2.37 bits per heavy atom. The Bertz CT molecular complexity index is 1010. The normalized spacial score (nSPS) is 16.3. The van der Waals surface area contributed by atoms with Crippen molar-refractivity contribution < 1.29 is 32.5 Å². The molecule has 8 nitrogen and oxygen atoms in total. The van der Waals surface area contributed by atoms with Crippen LogP contribution in [0, 0.1) is 0 Å². The van der Waals surface area contributed by atoms with Crippen LogP contribution >= 0.6 is 0 Å². The molecule has 0 spiro atoms. The van der Waals surface area contributed by atoms with Crippen molar-refractivity contribution in [2.75, 3.05) is 24.1 Å². The molecule has 2 aromatic rings. The summed E-state index contributed by atoms with van der Waals surface area (Å²) in [5.74, 6) is 0.149. The maximum absolute atomic E-state index is 13.3. The molecule has 4 rings (SSSR count). The molecule has 1 heterocycles. The van der Waals surface area contributed by atoms with Gasteiger partial charge in [-0.1, -0.05) is 0 Å². The fourth-order valence-electron chi connectivity index (χ4n) is 3.64. The monoisotopic (exact) mass is 433 g/mol. The molecule has 1 aliphatic carbocycles. The van der Waals surface area contributed by atoms with Gasteiger partial charge in [0.05, 0.1) is 16.7 Å². The van der Waals surface area contributed by atoms with E-state index in [1.54, 1.807) is 24.3 Å². The minimum absolute atomic E-state index is 0.0701. The second-order valence-electron chi connectivity index (χ2n) is 7.23. The summed E-state index contributed by atoms with van der Waals surface area (Å²) in [7, 11) is -4.14. The third-order valence-electron chi connectivity index (χ3n) is 5.11. The smallest absolute Gasteiger partial charge is 0.324 e. The Hall–Kier alpha value is -2.94. The molecule has 2 aromatic carbocycles. The Balaban J connectivity index is 1.62. The summed E-state index contributed by atoms with van der Waals surface area (Å²) in [5, 5.41) is 9.32. The number of sulfonamides is 1. The van der Waals surface area contributed by atoms with Gasteiger partial charge in [0.25, 0.3) is 10.0 Å². The number of hydrogen-bond donors (Lipinski definition) is 1. The fraction of sp³-hybridized carbons (Fsp3) is 0.381. The van der Waals surface area contributed by atoms with Crippen LogP contribution in [-0.2, 0) is 14.8 Å². The van der Waals surface area contributed by atoms with Crippen molar-refractivity contribution in [2.45, 2.75) is 36.7 Å². The lowest BCUT2D eigenvalue weighted by atomic mass is 10.2. The van der Waals surface area contributed by atoms with Gasteiger partial charge in [-0.15, -0.1) is 0 Å². The molecule has 2 aliphatic rings. The molecule has 1 saturated carbocycles. The number of carboxylic acid groups (broad SMARTS) is 1. The van der Waals surface area contributed by atoms with E-state index in [1.165, 1.54) is 18.2 Å². The SMILES string of the molecule is O=C(O)CN(c1ccc(OC2CCCC2)cc1)S(=O)(=O)c1ccc2c(c1)OCCO2. The second-order valence-corrected chi connectivity index (χ2v) is 9.09. The lowest BCUT2D eigenvalue weighted by Crippen LogP contribution is -2.35. The van der Waals surface area contributed by atoms with Crippen LogP contribution in [0.1, 0.15) is 25.7 Å². The summed E-state index contributed by atoms with van der Waals surface area (Å²) >= 11 is 0. The van der Waals surface area contributed by atoms with Crippen LogP contribution in [0.25, 0.3) is 0 Å². The summed E-state index contributed by atoms with van der Waals surface area (Å²) in [6, 6.07) is 10.7. The van der Waals surface area contributed by atoms with Gasteiger partial charge < -0.3 is 19.3 Å². The number of hydrogen-bond acceptors (Lipinski definition) is 6. The molecule has 0 unspecified atom stereocenters. The third-order valence-corrected chi connectivity index (χ3v) is 6.88. The Labute approximate surface area is 175 Å². The highest BCUT2D eigenvalue weighted by atomic mass is 32.2. The van der Waals surface area contributed by atoms with Crippen LogP contribution in [0.4, 0.5) is 5.69 Å². The van der Waals surface area contributed by atoms with Crippen LogP contribution < -0.4 is 18.5 Å². The van der Waals surface area contributed by atoms with Crippen molar-refractivity contribution in [1.82, 2.24) is 0 Å². The van der Waals surface area contributed by atoms with Gasteiger partial charge in [-0.2, -0.15) is 0 Å². The first-order valence-corrected chi connectivity index (χ1v) is 11.3. The topological polar surface area (TPSA) is 102 Å². The molecule has 1 fully saturated rings. The number of carbonyl (C=O) groups is 1. The van der Waals surface area contributed by atoms with Gasteiger partial charge in [-0.05, 0) is 62.1 Å². The minimum atomic E-state index is -4.14. The fourth-order valence-corrected chi connectivity index (χ4v) is 5.07. The summed E-state index contributed by atoms with van der Waals surface area (Å²) in [6.07, 6.45) is 4.47. The lowest BCUT2D eigenvalue weighted by Gasteiger charge is -2.24. The molecule has 1 N–H and O–H groups in total. The zero-order valence-electron chi connectivity index (χ0n) is 16.3. The predicted octanol–water partition coefficient (Wildman–Crippen LogP) is 3.06. The number of fused-ring (bicyclic) bond motifs is 1. The number of anilines is 1. The van der Waals surface area contributed by atoms with Crippen molar-refractivity contribution in [2.24, 2.45) is 0 Å². The molecule has 0 bridgehead atoms. The minimum Gasteiger partial charge on any atom is -0.490 e. The second kappa shape index (κ2) is 8.43. The molecule has 0 radical (unpaired) electrons. The molecule has 9 heteroatoms. The van der Waals surface area contributed by atoms with Gasteiger partial charge >= 0.3 is 5.97 Å². The molecule has 0 saturated heterocycles. The van der Waals surface area contributed by atoms with Crippen LogP contribution in [0.3, 0.4) is 0 Å². The summed E-state index contributed by atoms with van der Waals surface area (Å²) in [6.45, 7) is -0.00306. The quantitative estimate of drug-likeness (QED) is 0.716. The van der Waals surface area contributed by atoms with Crippen molar-refractivity contribution in [3.05, 3.63) is 42.5 Å². The summed E-state index contributed by atoms with van der Waals surface area (Å²) in [5.41, 5.74) is 0.242. The predicted molar refractivity (Wildman–Crippen MR) is 109 cm³/mol. The number of nitrogens with zero attached hydrogens (tertiary/aromatic N) is 1. The average Bonchev–Trinajstić information content (AvgIpc) is 3.25. The largest absolute Gasteiger partial charge is 0.490 e. The van der Waals surface area contributed by atoms with Gasteiger partial charge in [0.1, 0.15) is 25.5 Å². The van der Waals surface area contributed by atoms with Crippen molar-refractivity contribution in [1.29, 1.82) is 0 Å². The van der Waals surface area contributed by atoms with Gasteiger partial charge in [0, 0.05) is 6.07 Å². The highest BCUT2D eigenvalue weighted by molar-refractivity contribution is 7.92. The average molecular weight is 433 g/mol.